The lowest BCUT2D eigenvalue weighted by atomic mass is 10.2. The van der Waals surface area contributed by atoms with Crippen LogP contribution in [0, 0.1) is 5.82 Å². The van der Waals surface area contributed by atoms with Gasteiger partial charge in [0, 0.05) is 13.6 Å². The first-order valence-corrected chi connectivity index (χ1v) is 8.62. The van der Waals surface area contributed by atoms with Gasteiger partial charge < -0.3 is 14.1 Å². The lowest BCUT2D eigenvalue weighted by Crippen LogP contribution is -2.38. The van der Waals surface area contributed by atoms with Crippen molar-refractivity contribution in [1.29, 1.82) is 0 Å². The first-order chi connectivity index (χ1) is 13.3. The zero-order chi connectivity index (χ0) is 20.3. The van der Waals surface area contributed by atoms with E-state index < -0.39 is 29.6 Å². The lowest BCUT2D eigenvalue weighted by molar-refractivity contribution is -0.159. The second kappa shape index (κ2) is 8.08. The van der Waals surface area contributed by atoms with Crippen LogP contribution in [0.2, 0.25) is 0 Å². The topological polar surface area (TPSA) is 81.7 Å². The molecule has 3 aromatic rings. The maximum absolute atomic E-state index is 13.3. The smallest absolute Gasteiger partial charge is 0.420 e. The van der Waals surface area contributed by atoms with Gasteiger partial charge in [-0.1, -0.05) is 24.3 Å². The number of benzene rings is 2. The van der Waals surface area contributed by atoms with Crippen LogP contribution in [0.3, 0.4) is 0 Å². The number of nitrogens with zero attached hydrogens (tertiary/aromatic N) is 2. The van der Waals surface area contributed by atoms with E-state index in [9.17, 15) is 18.8 Å². The fourth-order valence-electron chi connectivity index (χ4n) is 2.88. The van der Waals surface area contributed by atoms with Gasteiger partial charge in [-0.15, -0.1) is 0 Å². The number of oxazole rings is 1. The maximum Gasteiger partial charge on any atom is 0.420 e. The number of ether oxygens (including phenoxy) is 1. The van der Waals surface area contributed by atoms with Gasteiger partial charge in [-0.3, -0.25) is 14.2 Å². The second-order valence-corrected chi connectivity index (χ2v) is 6.38. The maximum atomic E-state index is 13.3. The summed E-state index contributed by atoms with van der Waals surface area (Å²) in [5, 5.41) is 0. The van der Waals surface area contributed by atoms with Gasteiger partial charge in [-0.2, -0.15) is 0 Å². The highest BCUT2D eigenvalue weighted by atomic mass is 19.1. The van der Waals surface area contributed by atoms with Gasteiger partial charge in [0.15, 0.2) is 11.7 Å². The molecule has 1 atom stereocenters. The Morgan fingerprint density at radius 3 is 2.71 bits per heavy atom. The number of hydrogen-bond acceptors (Lipinski definition) is 5. The number of carbonyl (C=O) groups is 2. The molecule has 28 heavy (non-hydrogen) atoms. The first-order valence-electron chi connectivity index (χ1n) is 8.62. The van der Waals surface area contributed by atoms with E-state index in [1.807, 2.05) is 0 Å². The fourth-order valence-corrected chi connectivity index (χ4v) is 2.88. The van der Waals surface area contributed by atoms with Gasteiger partial charge in [0.1, 0.15) is 12.4 Å². The number of carbonyl (C=O) groups excluding carboxylic acids is 2. The molecule has 1 heterocycles. The minimum atomic E-state index is -1.06. The Morgan fingerprint density at radius 2 is 1.96 bits per heavy atom. The molecule has 0 bridgehead atoms. The number of rotatable bonds is 6. The molecular weight excluding hydrogens is 367 g/mol. The second-order valence-electron chi connectivity index (χ2n) is 6.38. The number of esters is 1. The Bertz CT molecular complexity index is 1070. The monoisotopic (exact) mass is 386 g/mol. The van der Waals surface area contributed by atoms with Crippen molar-refractivity contribution in [1.82, 2.24) is 9.47 Å². The van der Waals surface area contributed by atoms with E-state index in [0.29, 0.717) is 16.7 Å². The summed E-state index contributed by atoms with van der Waals surface area (Å²) in [4.78, 5) is 37.9. The minimum absolute atomic E-state index is 0.171. The molecule has 7 nitrogen and oxygen atoms in total. The summed E-state index contributed by atoms with van der Waals surface area (Å²) < 4.78 is 24.6. The van der Waals surface area contributed by atoms with Crippen LogP contribution in [0.4, 0.5) is 4.39 Å². The van der Waals surface area contributed by atoms with Crippen molar-refractivity contribution in [3.63, 3.8) is 0 Å². The normalized spacial score (nSPS) is 12.0. The third-order valence-electron chi connectivity index (χ3n) is 4.20. The van der Waals surface area contributed by atoms with Crippen molar-refractivity contribution < 1.29 is 23.1 Å². The zero-order valence-corrected chi connectivity index (χ0v) is 15.4. The molecule has 0 aliphatic rings. The molecule has 0 radical (unpaired) electrons. The highest BCUT2D eigenvalue weighted by molar-refractivity contribution is 5.83. The molecule has 1 aromatic heterocycles. The van der Waals surface area contributed by atoms with Gasteiger partial charge in [0.25, 0.3) is 5.91 Å². The minimum Gasteiger partial charge on any atom is -0.451 e. The van der Waals surface area contributed by atoms with Gasteiger partial charge >= 0.3 is 11.7 Å². The largest absolute Gasteiger partial charge is 0.451 e. The molecule has 0 spiro atoms. The quantitative estimate of drug-likeness (QED) is 0.608. The molecule has 0 aliphatic heterocycles. The molecule has 0 fully saturated rings. The van der Waals surface area contributed by atoms with Gasteiger partial charge in [-0.25, -0.2) is 9.18 Å². The number of para-hydroxylation sites is 2. The Labute approximate surface area is 159 Å². The fraction of sp³-hybridized carbons (Fsp3) is 0.250. The average Bonchev–Trinajstić information content (AvgIpc) is 2.96. The third kappa shape index (κ3) is 4.28. The number of aromatic nitrogens is 1. The van der Waals surface area contributed by atoms with Crippen LogP contribution in [0.25, 0.3) is 11.1 Å². The highest BCUT2D eigenvalue weighted by Crippen LogP contribution is 2.12. The SMILES string of the molecule is C[C@@H](OC(=O)Cn1c(=O)oc2ccccc21)C(=O)N(C)Cc1cccc(F)c1. The van der Waals surface area contributed by atoms with Crippen LogP contribution in [-0.4, -0.2) is 34.5 Å². The summed E-state index contributed by atoms with van der Waals surface area (Å²) in [6.07, 6.45) is -1.06. The Hall–Kier alpha value is -3.42. The Kier molecular flexibility index (Phi) is 5.58. The van der Waals surface area contributed by atoms with Crippen molar-refractivity contribution in [2.24, 2.45) is 0 Å². The van der Waals surface area contributed by atoms with E-state index in [4.69, 9.17) is 9.15 Å². The summed E-state index contributed by atoms with van der Waals surface area (Å²) in [6, 6.07) is 12.6. The van der Waals surface area contributed by atoms with Crippen LogP contribution in [0.1, 0.15) is 12.5 Å². The van der Waals surface area contributed by atoms with Crippen LogP contribution >= 0.6 is 0 Å². The van der Waals surface area contributed by atoms with Gasteiger partial charge in [-0.05, 0) is 36.8 Å². The van der Waals surface area contributed by atoms with Gasteiger partial charge in [0.2, 0.25) is 0 Å². The summed E-state index contributed by atoms with van der Waals surface area (Å²) in [6.45, 7) is 1.24. The first kappa shape index (κ1) is 19.3. The Balaban J connectivity index is 1.62. The highest BCUT2D eigenvalue weighted by Gasteiger charge is 2.23. The predicted molar refractivity (Wildman–Crippen MR) is 98.9 cm³/mol. The molecule has 2 aromatic carbocycles. The predicted octanol–water partition coefficient (Wildman–Crippen LogP) is 2.32. The summed E-state index contributed by atoms with van der Waals surface area (Å²) in [7, 11) is 1.53. The van der Waals surface area contributed by atoms with E-state index in [0.717, 1.165) is 4.57 Å². The number of fused-ring (bicyclic) bond motifs is 1. The summed E-state index contributed by atoms with van der Waals surface area (Å²) in [5.74, 6) is -2.26. The lowest BCUT2D eigenvalue weighted by Gasteiger charge is -2.21. The number of hydrogen-bond donors (Lipinski definition) is 0. The number of halogens is 1. The van der Waals surface area contributed by atoms with E-state index in [2.05, 4.69) is 0 Å². The molecule has 0 saturated carbocycles. The molecule has 0 saturated heterocycles. The van der Waals surface area contributed by atoms with Crippen molar-refractivity contribution in [3.05, 3.63) is 70.5 Å². The van der Waals surface area contributed by atoms with E-state index in [1.165, 1.54) is 31.0 Å². The zero-order valence-electron chi connectivity index (χ0n) is 15.4. The third-order valence-corrected chi connectivity index (χ3v) is 4.20. The Morgan fingerprint density at radius 1 is 1.21 bits per heavy atom. The van der Waals surface area contributed by atoms with Crippen molar-refractivity contribution >= 4 is 23.0 Å². The summed E-state index contributed by atoms with van der Waals surface area (Å²) >= 11 is 0. The molecule has 0 N–H and O–H groups in total. The van der Waals surface area contributed by atoms with Crippen LogP contribution in [-0.2, 0) is 27.4 Å². The average molecular weight is 386 g/mol. The van der Waals surface area contributed by atoms with Gasteiger partial charge in [0.05, 0.1) is 5.52 Å². The molecule has 0 aliphatic carbocycles. The van der Waals surface area contributed by atoms with Crippen molar-refractivity contribution in [2.45, 2.75) is 26.1 Å². The molecule has 1 amide bonds. The molecule has 146 valence electrons. The molecule has 0 unspecified atom stereocenters. The van der Waals surface area contributed by atoms with E-state index in [-0.39, 0.29) is 13.1 Å². The van der Waals surface area contributed by atoms with Crippen LogP contribution in [0.5, 0.6) is 0 Å². The van der Waals surface area contributed by atoms with E-state index >= 15 is 0 Å². The van der Waals surface area contributed by atoms with Crippen molar-refractivity contribution in [3.8, 4) is 0 Å². The molecular formula is C20H19FN2O5. The number of amides is 1. The van der Waals surface area contributed by atoms with Crippen molar-refractivity contribution in [2.75, 3.05) is 7.05 Å². The van der Waals surface area contributed by atoms with Crippen LogP contribution in [0.15, 0.2) is 57.7 Å². The van der Waals surface area contributed by atoms with E-state index in [1.54, 1.807) is 36.4 Å². The molecule has 8 heteroatoms. The summed E-state index contributed by atoms with van der Waals surface area (Å²) in [5.41, 5.74) is 1.44. The van der Waals surface area contributed by atoms with Crippen LogP contribution < -0.4 is 5.76 Å². The number of likely N-dealkylation sites (N-methyl/N-ethyl adjacent to an activating group) is 1. The molecule has 3 rings (SSSR count). The standard InChI is InChI=1S/C20H19FN2O5/c1-13(19(25)22(2)11-14-6-5-7-15(21)10-14)27-18(24)12-23-16-8-3-4-9-17(16)28-20(23)26/h3-10,13H,11-12H2,1-2H3/t13-/m1/s1.